The Morgan fingerprint density at radius 3 is 1.10 bits per heavy atom. The average Bonchev–Trinajstić information content (AvgIpc) is 3.77. The Morgan fingerprint density at radius 2 is 0.646 bits per heavy atom. The molecule has 0 amide bonds. The number of aryl methyl sites for hydroxylation is 4. The van der Waals surface area contributed by atoms with Crippen LogP contribution in [0.4, 0.5) is 34.1 Å². The van der Waals surface area contributed by atoms with E-state index in [4.69, 9.17) is 9.97 Å². The van der Waals surface area contributed by atoms with Crippen LogP contribution in [-0.4, -0.2) is 14.5 Å². The number of benzene rings is 11. The van der Waals surface area contributed by atoms with Crippen LogP contribution < -0.4 is 9.80 Å². The second kappa shape index (κ2) is 20.8. The smallest absolute Gasteiger partial charge is 0.160 e. The molecule has 0 atom stereocenters. The molecule has 0 radical (unpaired) electrons. The minimum absolute atomic E-state index is 0.720. The third kappa shape index (κ3) is 9.75. The lowest BCUT2D eigenvalue weighted by atomic mass is 9.98. The van der Waals surface area contributed by atoms with E-state index in [1.165, 1.54) is 33.0 Å². The van der Waals surface area contributed by atoms with Crippen molar-refractivity contribution in [3.8, 4) is 61.8 Å². The number of aromatic nitrogens is 3. The first kappa shape index (κ1) is 48.5. The quantitative estimate of drug-likeness (QED) is 0.122. The van der Waals surface area contributed by atoms with Crippen LogP contribution in [-0.2, 0) is 0 Å². The van der Waals surface area contributed by atoms with Crippen molar-refractivity contribution in [2.24, 2.45) is 0 Å². The summed E-state index contributed by atoms with van der Waals surface area (Å²) < 4.78 is 2.42. The van der Waals surface area contributed by atoms with Crippen LogP contribution in [0, 0.1) is 27.7 Å². The summed E-state index contributed by atoms with van der Waals surface area (Å²) in [5, 5.41) is 2.34. The third-order valence-corrected chi connectivity index (χ3v) is 15.0. The highest BCUT2D eigenvalue weighted by molar-refractivity contribution is 6.12. The topological polar surface area (TPSA) is 37.2 Å². The van der Waals surface area contributed by atoms with Gasteiger partial charge in [0, 0.05) is 67.3 Å². The molecule has 0 aliphatic rings. The summed E-state index contributed by atoms with van der Waals surface area (Å²) in [7, 11) is 0. The first-order chi connectivity index (χ1) is 38.8. The van der Waals surface area contributed by atoms with Gasteiger partial charge < -0.3 is 14.4 Å². The van der Waals surface area contributed by atoms with Crippen LogP contribution in [0.15, 0.2) is 273 Å². The zero-order chi connectivity index (χ0) is 53.4. The van der Waals surface area contributed by atoms with Gasteiger partial charge in [0.15, 0.2) is 5.82 Å². The molecule has 13 aromatic rings. The Kier molecular flexibility index (Phi) is 12.8. The SMILES string of the molecule is Cc1ccc(N(c2ccc(C)cc2)c2ccc3c(c2)c2cc(N(c4ccccc4)c4ccccc4)ccc2n3-c2ccc(-c3ccc(-c4ccc(-c5cc(-c6cccc(C)c6)nc(-c6cccc(C)c6)n5)cc4)cc3)cc2)cc1. The molecule has 11 aromatic carbocycles. The van der Waals surface area contributed by atoms with Crippen molar-refractivity contribution in [2.75, 3.05) is 9.80 Å². The molecule has 0 unspecified atom stereocenters. The molecule has 0 spiro atoms. The van der Waals surface area contributed by atoms with Crippen molar-refractivity contribution in [1.82, 2.24) is 14.5 Å². The largest absolute Gasteiger partial charge is 0.310 e. The second-order valence-electron chi connectivity index (χ2n) is 20.7. The van der Waals surface area contributed by atoms with Gasteiger partial charge in [0.1, 0.15) is 0 Å². The molecule has 0 aliphatic carbocycles. The van der Waals surface area contributed by atoms with E-state index in [0.717, 1.165) is 107 Å². The van der Waals surface area contributed by atoms with E-state index in [1.807, 2.05) is 0 Å². The highest BCUT2D eigenvalue weighted by atomic mass is 15.1. The fraction of sp³-hybridized carbons (Fsp3) is 0.0541. The van der Waals surface area contributed by atoms with E-state index in [0.29, 0.717) is 0 Å². The van der Waals surface area contributed by atoms with Gasteiger partial charge in [-0.25, -0.2) is 9.97 Å². The zero-order valence-electron chi connectivity index (χ0n) is 44.7. The Labute approximate surface area is 462 Å². The van der Waals surface area contributed by atoms with Crippen molar-refractivity contribution < 1.29 is 0 Å². The first-order valence-corrected chi connectivity index (χ1v) is 27.0. The van der Waals surface area contributed by atoms with Crippen molar-refractivity contribution in [1.29, 1.82) is 0 Å². The van der Waals surface area contributed by atoms with E-state index >= 15 is 0 Å². The van der Waals surface area contributed by atoms with Gasteiger partial charge in [-0.3, -0.25) is 0 Å². The number of nitrogens with zero attached hydrogens (tertiary/aromatic N) is 5. The second-order valence-corrected chi connectivity index (χ2v) is 20.7. The van der Waals surface area contributed by atoms with E-state index in [-0.39, 0.29) is 0 Å². The molecular weight excluding hydrogens is 959 g/mol. The lowest BCUT2D eigenvalue weighted by Gasteiger charge is -2.26. The lowest BCUT2D eigenvalue weighted by Crippen LogP contribution is -2.10. The predicted octanol–water partition coefficient (Wildman–Crippen LogP) is 20.1. The molecule has 0 fully saturated rings. The normalized spacial score (nSPS) is 11.3. The fourth-order valence-electron chi connectivity index (χ4n) is 10.9. The van der Waals surface area contributed by atoms with Gasteiger partial charge in [0.25, 0.3) is 0 Å². The molecule has 5 nitrogen and oxygen atoms in total. The van der Waals surface area contributed by atoms with Gasteiger partial charge in [-0.2, -0.15) is 0 Å². The van der Waals surface area contributed by atoms with Gasteiger partial charge >= 0.3 is 0 Å². The maximum Gasteiger partial charge on any atom is 0.160 e. The van der Waals surface area contributed by atoms with Crippen LogP contribution in [0.3, 0.4) is 0 Å². The molecular formula is C74H57N5. The summed E-state index contributed by atoms with van der Waals surface area (Å²) in [5.74, 6) is 0.720. The molecule has 378 valence electrons. The first-order valence-electron chi connectivity index (χ1n) is 27.0. The molecule has 0 aliphatic heterocycles. The van der Waals surface area contributed by atoms with Gasteiger partial charge in [0.2, 0.25) is 0 Å². The van der Waals surface area contributed by atoms with Crippen LogP contribution in [0.1, 0.15) is 22.3 Å². The van der Waals surface area contributed by atoms with Crippen LogP contribution >= 0.6 is 0 Å². The number of rotatable bonds is 12. The van der Waals surface area contributed by atoms with Crippen molar-refractivity contribution in [2.45, 2.75) is 27.7 Å². The summed E-state index contributed by atoms with van der Waals surface area (Å²) in [6.07, 6.45) is 0. The fourth-order valence-corrected chi connectivity index (χ4v) is 10.9. The summed E-state index contributed by atoms with van der Waals surface area (Å²) in [6.45, 7) is 8.50. The highest BCUT2D eigenvalue weighted by Gasteiger charge is 2.21. The Bertz CT molecular complexity index is 4150. The molecule has 13 rings (SSSR count). The zero-order valence-corrected chi connectivity index (χ0v) is 44.7. The van der Waals surface area contributed by atoms with E-state index in [1.54, 1.807) is 0 Å². The third-order valence-electron chi connectivity index (χ3n) is 15.0. The standard InChI is InChI=1S/C74H57N5/c1-50-21-35-63(36-22-50)78(64-37-23-51(2)24-38-64)67-42-44-73-69(48-67)68-47-66(77(61-17-7-5-8-18-61)62-19-9-6-10-20-62)41-43-72(68)79(73)65-39-33-57(34-40-65)55-27-25-54(26-28-55)56-29-31-58(32-30-56)70-49-71(59-15-11-13-52(3)45-59)76-74(75-70)60-16-12-14-53(4)46-60/h5-49H,1-4H3. The number of fused-ring (bicyclic) bond motifs is 3. The Balaban J connectivity index is 0.847. The summed E-state index contributed by atoms with van der Waals surface area (Å²) in [6, 6.07) is 98.5. The van der Waals surface area contributed by atoms with E-state index in [9.17, 15) is 0 Å². The van der Waals surface area contributed by atoms with Crippen molar-refractivity contribution in [3.05, 3.63) is 295 Å². The number of hydrogen-bond donors (Lipinski definition) is 0. The van der Waals surface area contributed by atoms with Crippen LogP contribution in [0.2, 0.25) is 0 Å². The maximum absolute atomic E-state index is 5.11. The molecule has 0 saturated carbocycles. The van der Waals surface area contributed by atoms with Crippen LogP contribution in [0.25, 0.3) is 83.6 Å². The van der Waals surface area contributed by atoms with Gasteiger partial charge in [-0.1, -0.05) is 180 Å². The monoisotopic (exact) mass is 1020 g/mol. The number of anilines is 6. The Hall–Kier alpha value is -10.1. The number of para-hydroxylation sites is 2. The van der Waals surface area contributed by atoms with E-state index < -0.39 is 0 Å². The maximum atomic E-state index is 5.11. The molecule has 2 heterocycles. The minimum atomic E-state index is 0.720. The summed E-state index contributed by atoms with van der Waals surface area (Å²) >= 11 is 0. The molecule has 79 heavy (non-hydrogen) atoms. The number of hydrogen-bond acceptors (Lipinski definition) is 4. The molecule has 2 aromatic heterocycles. The molecule has 0 saturated heterocycles. The minimum Gasteiger partial charge on any atom is -0.310 e. The molecule has 0 N–H and O–H groups in total. The Morgan fingerprint density at radius 1 is 0.266 bits per heavy atom. The van der Waals surface area contributed by atoms with Gasteiger partial charge in [-0.05, 0) is 165 Å². The lowest BCUT2D eigenvalue weighted by molar-refractivity contribution is 1.18. The van der Waals surface area contributed by atoms with Gasteiger partial charge in [-0.15, -0.1) is 0 Å². The van der Waals surface area contributed by atoms with Crippen molar-refractivity contribution in [3.63, 3.8) is 0 Å². The van der Waals surface area contributed by atoms with Crippen LogP contribution in [0.5, 0.6) is 0 Å². The van der Waals surface area contributed by atoms with Crippen molar-refractivity contribution >= 4 is 55.9 Å². The average molecular weight is 1020 g/mol. The highest BCUT2D eigenvalue weighted by Crippen LogP contribution is 2.43. The van der Waals surface area contributed by atoms with Gasteiger partial charge in [0.05, 0.1) is 22.4 Å². The summed E-state index contributed by atoms with van der Waals surface area (Å²) in [5.41, 5.74) is 24.3. The molecule has 5 heteroatoms. The predicted molar refractivity (Wildman–Crippen MR) is 332 cm³/mol. The summed E-state index contributed by atoms with van der Waals surface area (Å²) in [4.78, 5) is 14.9. The van der Waals surface area contributed by atoms with E-state index in [2.05, 4.69) is 315 Å². The molecule has 0 bridgehead atoms.